The topological polar surface area (TPSA) is 9.23 Å². The van der Waals surface area contributed by atoms with Crippen molar-refractivity contribution in [3.05, 3.63) is 30.3 Å². The van der Waals surface area contributed by atoms with Gasteiger partial charge in [-0.3, -0.25) is 0 Å². The Balaban J connectivity index is 2.97. The standard InChI is InChI=1S/C10H21.C6H5.C2H5O.Sn.H/c1-4-6-8-10(3)9-7-5-2;1-2-4-6-5-3-1;1-2-3;;/h4-9H2,1-3H3;1-5H;2H2,1H3;;/q;;-1;+1;. The van der Waals surface area contributed by atoms with E-state index in [1.54, 1.807) is 3.58 Å². The van der Waals surface area contributed by atoms with Gasteiger partial charge in [-0.05, 0) is 0 Å². The van der Waals surface area contributed by atoms with Crippen molar-refractivity contribution in [1.29, 1.82) is 0 Å². The average molecular weight is 383 g/mol. The van der Waals surface area contributed by atoms with Crippen molar-refractivity contribution in [2.24, 2.45) is 0 Å². The SMILES string of the molecule is CCCC[C](C)(CCCC)[SnH]([O]CC)[c]1ccccc1. The van der Waals surface area contributed by atoms with Crippen LogP contribution in [-0.2, 0) is 3.07 Å². The van der Waals surface area contributed by atoms with Gasteiger partial charge in [-0.25, -0.2) is 0 Å². The molecule has 0 aliphatic rings. The Morgan fingerprint density at radius 1 is 0.950 bits per heavy atom. The molecule has 0 N–H and O–H groups in total. The van der Waals surface area contributed by atoms with E-state index in [2.05, 4.69) is 58.0 Å². The van der Waals surface area contributed by atoms with Gasteiger partial charge in [0.15, 0.2) is 0 Å². The first-order valence-corrected chi connectivity index (χ1v) is 13.0. The maximum atomic E-state index is 6.40. The van der Waals surface area contributed by atoms with Crippen molar-refractivity contribution >= 4 is 23.8 Å². The van der Waals surface area contributed by atoms with Gasteiger partial charge >= 0.3 is 133 Å². The van der Waals surface area contributed by atoms with E-state index in [9.17, 15) is 0 Å². The summed E-state index contributed by atoms with van der Waals surface area (Å²) >= 11 is -2.21. The molecule has 0 bridgehead atoms. The Kier molecular flexibility index (Phi) is 8.86. The van der Waals surface area contributed by atoms with E-state index in [0.717, 1.165) is 6.61 Å². The van der Waals surface area contributed by atoms with Crippen LogP contribution >= 0.6 is 0 Å². The molecular weight excluding hydrogens is 351 g/mol. The second-order valence-corrected chi connectivity index (χ2v) is 15.1. The molecule has 0 aromatic heterocycles. The fourth-order valence-corrected chi connectivity index (χ4v) is 12.3. The summed E-state index contributed by atoms with van der Waals surface area (Å²) in [4.78, 5) is 0. The molecule has 1 aromatic carbocycles. The Hall–Kier alpha value is -0.0213. The summed E-state index contributed by atoms with van der Waals surface area (Å²) in [7, 11) is 0. The summed E-state index contributed by atoms with van der Waals surface area (Å²) in [6, 6.07) is 11.1. The molecule has 0 saturated heterocycles. The van der Waals surface area contributed by atoms with Gasteiger partial charge in [-0.2, -0.15) is 0 Å². The molecule has 0 fully saturated rings. The second-order valence-electron chi connectivity index (χ2n) is 6.11. The summed E-state index contributed by atoms with van der Waals surface area (Å²) in [5.74, 6) is 0. The zero-order chi connectivity index (χ0) is 14.8. The molecule has 114 valence electrons. The summed E-state index contributed by atoms with van der Waals surface area (Å²) in [6.07, 6.45) is 7.96. The first-order chi connectivity index (χ1) is 9.68. The first kappa shape index (κ1) is 18.0. The van der Waals surface area contributed by atoms with Gasteiger partial charge in [0.1, 0.15) is 0 Å². The zero-order valence-electron chi connectivity index (χ0n) is 13.8. The van der Waals surface area contributed by atoms with E-state index >= 15 is 0 Å². The van der Waals surface area contributed by atoms with E-state index < -0.39 is 20.2 Å². The Morgan fingerprint density at radius 3 is 1.95 bits per heavy atom. The van der Waals surface area contributed by atoms with Crippen LogP contribution in [0, 0.1) is 0 Å². The van der Waals surface area contributed by atoms with Crippen LogP contribution < -0.4 is 3.58 Å². The number of hydrogen-bond donors (Lipinski definition) is 0. The minimum absolute atomic E-state index is 0.463. The summed E-state index contributed by atoms with van der Waals surface area (Å²) in [6.45, 7) is 10.2. The van der Waals surface area contributed by atoms with Gasteiger partial charge in [0, 0.05) is 0 Å². The molecule has 2 heteroatoms. The van der Waals surface area contributed by atoms with Crippen LogP contribution in [-0.4, -0.2) is 26.8 Å². The molecule has 0 aliphatic heterocycles. The van der Waals surface area contributed by atoms with Crippen LogP contribution in [0.5, 0.6) is 0 Å². The molecule has 1 nitrogen and oxygen atoms in total. The predicted molar refractivity (Wildman–Crippen MR) is 92.3 cm³/mol. The van der Waals surface area contributed by atoms with E-state index in [1.807, 2.05) is 0 Å². The fourth-order valence-electron chi connectivity index (χ4n) is 3.04. The average Bonchev–Trinajstić information content (AvgIpc) is 2.49. The van der Waals surface area contributed by atoms with E-state index in [4.69, 9.17) is 3.07 Å². The van der Waals surface area contributed by atoms with Crippen molar-refractivity contribution in [2.75, 3.05) is 6.61 Å². The number of hydrogen-bond acceptors (Lipinski definition) is 1. The van der Waals surface area contributed by atoms with Crippen molar-refractivity contribution in [1.82, 2.24) is 0 Å². The normalized spacial score (nSPS) is 13.4. The molecule has 1 atom stereocenters. The Morgan fingerprint density at radius 2 is 1.50 bits per heavy atom. The summed E-state index contributed by atoms with van der Waals surface area (Å²) in [5.41, 5.74) is 0. The zero-order valence-corrected chi connectivity index (χ0v) is 17.1. The van der Waals surface area contributed by atoms with Gasteiger partial charge in [0.05, 0.1) is 0 Å². The van der Waals surface area contributed by atoms with Gasteiger partial charge in [-0.1, -0.05) is 0 Å². The number of rotatable bonds is 10. The van der Waals surface area contributed by atoms with Crippen molar-refractivity contribution in [2.45, 2.75) is 69.7 Å². The van der Waals surface area contributed by atoms with Crippen LogP contribution in [0.2, 0.25) is 3.43 Å². The molecular formula is C18H32OSn. The summed E-state index contributed by atoms with van der Waals surface area (Å²) in [5, 5.41) is 0. The van der Waals surface area contributed by atoms with Crippen LogP contribution in [0.25, 0.3) is 0 Å². The second kappa shape index (κ2) is 9.83. The molecule has 1 unspecified atom stereocenters. The fraction of sp³-hybridized carbons (Fsp3) is 0.667. The molecule has 0 radical (unpaired) electrons. The molecule has 1 aromatic rings. The minimum atomic E-state index is -2.21. The third kappa shape index (κ3) is 5.40. The quantitative estimate of drug-likeness (QED) is 0.528. The molecule has 0 spiro atoms. The molecule has 0 heterocycles. The van der Waals surface area contributed by atoms with Crippen molar-refractivity contribution < 1.29 is 3.07 Å². The number of unbranched alkanes of at least 4 members (excludes halogenated alkanes) is 2. The van der Waals surface area contributed by atoms with Crippen LogP contribution in [0.15, 0.2) is 30.3 Å². The maximum absolute atomic E-state index is 6.40. The number of benzene rings is 1. The van der Waals surface area contributed by atoms with Gasteiger partial charge < -0.3 is 0 Å². The molecule has 0 amide bonds. The molecule has 0 aliphatic carbocycles. The van der Waals surface area contributed by atoms with Gasteiger partial charge in [-0.15, -0.1) is 0 Å². The van der Waals surface area contributed by atoms with Gasteiger partial charge in [0.2, 0.25) is 0 Å². The van der Waals surface area contributed by atoms with Crippen molar-refractivity contribution in [3.63, 3.8) is 0 Å². The molecule has 20 heavy (non-hydrogen) atoms. The predicted octanol–water partition coefficient (Wildman–Crippen LogP) is 4.79. The van der Waals surface area contributed by atoms with Crippen molar-refractivity contribution in [3.8, 4) is 0 Å². The third-order valence-corrected chi connectivity index (χ3v) is 14.3. The monoisotopic (exact) mass is 384 g/mol. The van der Waals surface area contributed by atoms with Crippen LogP contribution in [0.3, 0.4) is 0 Å². The van der Waals surface area contributed by atoms with Crippen LogP contribution in [0.1, 0.15) is 66.2 Å². The van der Waals surface area contributed by atoms with E-state index in [-0.39, 0.29) is 0 Å². The third-order valence-electron chi connectivity index (χ3n) is 4.27. The Labute approximate surface area is 133 Å². The first-order valence-electron chi connectivity index (χ1n) is 8.34. The Bertz CT molecular complexity index is 342. The van der Waals surface area contributed by atoms with E-state index in [0.29, 0.717) is 3.43 Å². The molecule has 1 rings (SSSR count). The summed E-state index contributed by atoms with van der Waals surface area (Å²) < 4.78 is 8.41. The van der Waals surface area contributed by atoms with E-state index in [1.165, 1.54) is 38.5 Å². The van der Waals surface area contributed by atoms with Gasteiger partial charge in [0.25, 0.3) is 0 Å². The molecule has 0 saturated carbocycles. The van der Waals surface area contributed by atoms with Crippen LogP contribution in [0.4, 0.5) is 0 Å².